The van der Waals surface area contributed by atoms with E-state index < -0.39 is 22.8 Å². The lowest BCUT2D eigenvalue weighted by atomic mass is 10.1. The van der Waals surface area contributed by atoms with E-state index in [4.69, 9.17) is 11.6 Å². The average molecular weight is 253 g/mol. The topological polar surface area (TPSA) is 17.1 Å². The molecule has 6 heteroatoms. The molecule has 1 aromatic carbocycles. The molecule has 0 saturated heterocycles. The molecule has 1 rings (SSSR count). The van der Waals surface area contributed by atoms with Crippen LogP contribution < -0.4 is 0 Å². The summed E-state index contributed by atoms with van der Waals surface area (Å²) in [5, 5.41) is -0.849. The van der Waals surface area contributed by atoms with Crippen LogP contribution in [0.3, 0.4) is 0 Å². The Balaban J connectivity index is 3.13. The van der Waals surface area contributed by atoms with Gasteiger partial charge in [-0.25, -0.2) is 4.39 Å². The molecular weight excluding hydrogens is 248 g/mol. The predicted molar refractivity (Wildman–Crippen MR) is 51.3 cm³/mol. The summed E-state index contributed by atoms with van der Waals surface area (Å²) in [6.07, 6.45) is -2.78. The maximum absolute atomic E-state index is 12.8. The van der Waals surface area contributed by atoms with Crippen LogP contribution in [0.25, 0.3) is 6.08 Å². The minimum absolute atomic E-state index is 0.0821. The highest BCUT2D eigenvalue weighted by Crippen LogP contribution is 2.30. The Hall–Kier alpha value is -1.36. The molecule has 0 bridgehead atoms. The molecule has 0 heterocycles. The molecule has 1 nitrogen and oxygen atoms in total. The number of halogens is 5. The zero-order valence-electron chi connectivity index (χ0n) is 7.68. The van der Waals surface area contributed by atoms with Crippen LogP contribution >= 0.6 is 11.6 Å². The molecule has 86 valence electrons. The molecule has 1 aromatic rings. The van der Waals surface area contributed by atoms with Crippen LogP contribution in [0.5, 0.6) is 0 Å². The third-order valence-corrected chi connectivity index (χ3v) is 1.78. The minimum atomic E-state index is -4.63. The van der Waals surface area contributed by atoms with Gasteiger partial charge in [0.2, 0.25) is 5.24 Å². The zero-order valence-corrected chi connectivity index (χ0v) is 8.44. The number of rotatable bonds is 2. The van der Waals surface area contributed by atoms with Crippen molar-refractivity contribution in [3.8, 4) is 0 Å². The maximum atomic E-state index is 12.8. The van der Waals surface area contributed by atoms with Gasteiger partial charge in [-0.1, -0.05) is 6.08 Å². The maximum Gasteiger partial charge on any atom is 0.416 e. The fourth-order valence-electron chi connectivity index (χ4n) is 1.03. The van der Waals surface area contributed by atoms with Gasteiger partial charge < -0.3 is 0 Å². The number of hydrogen-bond donors (Lipinski definition) is 0. The van der Waals surface area contributed by atoms with E-state index in [1.165, 1.54) is 0 Å². The molecule has 0 atom stereocenters. The van der Waals surface area contributed by atoms with Crippen LogP contribution in [-0.2, 0) is 11.0 Å². The van der Waals surface area contributed by atoms with Crippen LogP contribution in [0, 0.1) is 5.82 Å². The number of alkyl halides is 3. The van der Waals surface area contributed by atoms with Crippen molar-refractivity contribution in [1.29, 1.82) is 0 Å². The molecule has 0 aliphatic carbocycles. The lowest BCUT2D eigenvalue weighted by molar-refractivity contribution is -0.137. The van der Waals surface area contributed by atoms with Gasteiger partial charge in [-0.2, -0.15) is 13.2 Å². The highest BCUT2D eigenvalue weighted by Gasteiger charge is 2.31. The molecule has 0 radical (unpaired) electrons. The molecule has 0 N–H and O–H groups in total. The fraction of sp³-hybridized carbons (Fsp3) is 0.100. The van der Waals surface area contributed by atoms with Gasteiger partial charge in [0.15, 0.2) is 0 Å². The van der Waals surface area contributed by atoms with Gasteiger partial charge >= 0.3 is 6.18 Å². The third kappa shape index (κ3) is 3.66. The first-order valence-electron chi connectivity index (χ1n) is 4.04. The number of carbonyl (C=O) groups excluding carboxylic acids is 1. The fourth-order valence-corrected chi connectivity index (χ4v) is 1.10. The Morgan fingerprint density at radius 1 is 1.25 bits per heavy atom. The Morgan fingerprint density at radius 3 is 2.38 bits per heavy atom. The lowest BCUT2D eigenvalue weighted by Crippen LogP contribution is -2.05. The van der Waals surface area contributed by atoms with Crippen LogP contribution in [-0.4, -0.2) is 5.24 Å². The van der Waals surface area contributed by atoms with Crippen molar-refractivity contribution >= 4 is 22.9 Å². The number of carbonyl (C=O) groups is 1. The van der Waals surface area contributed by atoms with Gasteiger partial charge in [0, 0.05) is 0 Å². The van der Waals surface area contributed by atoms with Gasteiger partial charge in [-0.3, -0.25) is 4.79 Å². The average Bonchev–Trinajstić information content (AvgIpc) is 2.12. The Morgan fingerprint density at radius 2 is 1.88 bits per heavy atom. The second kappa shape index (κ2) is 4.65. The number of hydrogen-bond acceptors (Lipinski definition) is 1. The first-order valence-corrected chi connectivity index (χ1v) is 4.42. The van der Waals surface area contributed by atoms with E-state index in [1.807, 2.05) is 0 Å². The predicted octanol–water partition coefficient (Wildman–Crippen LogP) is 3.62. The van der Waals surface area contributed by atoms with Crippen LogP contribution in [0.4, 0.5) is 17.6 Å². The monoisotopic (exact) mass is 252 g/mol. The second-order valence-corrected chi connectivity index (χ2v) is 3.28. The Kier molecular flexibility index (Phi) is 3.70. The summed E-state index contributed by atoms with van der Waals surface area (Å²) >= 11 is 4.96. The van der Waals surface area contributed by atoms with Crippen LogP contribution in [0.15, 0.2) is 24.3 Å². The van der Waals surface area contributed by atoms with E-state index >= 15 is 0 Å². The van der Waals surface area contributed by atoms with Gasteiger partial charge in [0.05, 0.1) is 5.56 Å². The quantitative estimate of drug-likeness (QED) is 0.446. The summed E-state index contributed by atoms with van der Waals surface area (Å²) in [5.41, 5.74) is -1.20. The van der Waals surface area contributed by atoms with Crippen molar-refractivity contribution in [2.45, 2.75) is 6.18 Å². The van der Waals surface area contributed by atoms with Crippen molar-refractivity contribution in [2.75, 3.05) is 0 Å². The number of benzene rings is 1. The largest absolute Gasteiger partial charge is 0.416 e. The molecule has 0 aliphatic rings. The molecule has 0 saturated carbocycles. The van der Waals surface area contributed by atoms with E-state index in [1.54, 1.807) is 0 Å². The lowest BCUT2D eigenvalue weighted by Gasteiger charge is -2.07. The highest BCUT2D eigenvalue weighted by molar-refractivity contribution is 6.66. The van der Waals surface area contributed by atoms with Gasteiger partial charge in [0.1, 0.15) is 5.82 Å². The second-order valence-electron chi connectivity index (χ2n) is 2.91. The van der Waals surface area contributed by atoms with Crippen LogP contribution in [0.2, 0.25) is 0 Å². The van der Waals surface area contributed by atoms with Crippen molar-refractivity contribution in [1.82, 2.24) is 0 Å². The first-order chi connectivity index (χ1) is 7.29. The first kappa shape index (κ1) is 12.7. The van der Waals surface area contributed by atoms with E-state index in [2.05, 4.69) is 0 Å². The normalized spacial score (nSPS) is 12.1. The van der Waals surface area contributed by atoms with Crippen molar-refractivity contribution in [2.24, 2.45) is 0 Å². The summed E-state index contributed by atoms with van der Waals surface area (Å²) in [4.78, 5) is 10.3. The van der Waals surface area contributed by atoms with Crippen molar-refractivity contribution in [3.63, 3.8) is 0 Å². The van der Waals surface area contributed by atoms with Gasteiger partial charge in [-0.05, 0) is 41.4 Å². The zero-order chi connectivity index (χ0) is 12.3. The smallest absolute Gasteiger partial charge is 0.276 e. The molecule has 0 aliphatic heterocycles. The summed E-state index contributed by atoms with van der Waals surface area (Å²) in [5.74, 6) is -1.03. The molecule has 0 amide bonds. The van der Waals surface area contributed by atoms with E-state index in [9.17, 15) is 22.4 Å². The molecule has 0 fully saturated rings. The SMILES string of the molecule is O=C(Cl)C=Cc1cc(F)cc(C(F)(F)F)c1. The summed E-state index contributed by atoms with van der Waals surface area (Å²) in [6, 6.07) is 1.96. The van der Waals surface area contributed by atoms with E-state index in [-0.39, 0.29) is 5.56 Å². The van der Waals surface area contributed by atoms with E-state index in [0.717, 1.165) is 24.3 Å². The molecule has 0 unspecified atom stereocenters. The number of allylic oxidation sites excluding steroid dienone is 1. The Bertz CT molecular complexity index is 437. The highest BCUT2D eigenvalue weighted by atomic mass is 35.5. The van der Waals surface area contributed by atoms with Gasteiger partial charge in [-0.15, -0.1) is 0 Å². The standard InChI is InChI=1S/C10H5ClF4O/c11-9(16)2-1-6-3-7(10(13,14)15)5-8(12)4-6/h1-5H. The summed E-state index contributed by atoms with van der Waals surface area (Å²) in [7, 11) is 0. The van der Waals surface area contributed by atoms with Crippen molar-refractivity contribution in [3.05, 3.63) is 41.2 Å². The minimum Gasteiger partial charge on any atom is -0.276 e. The van der Waals surface area contributed by atoms with Gasteiger partial charge in [0.25, 0.3) is 0 Å². The summed E-state index contributed by atoms with van der Waals surface area (Å²) in [6.45, 7) is 0. The summed E-state index contributed by atoms with van der Waals surface area (Å²) < 4.78 is 49.6. The van der Waals surface area contributed by atoms with E-state index in [0.29, 0.717) is 6.07 Å². The molecule has 0 spiro atoms. The van der Waals surface area contributed by atoms with Crippen LogP contribution in [0.1, 0.15) is 11.1 Å². The Labute approximate surface area is 93.3 Å². The molecule has 16 heavy (non-hydrogen) atoms. The third-order valence-electron chi connectivity index (χ3n) is 1.65. The molecular formula is C10H5ClF4O. The van der Waals surface area contributed by atoms with Crippen molar-refractivity contribution < 1.29 is 22.4 Å². The molecule has 0 aromatic heterocycles.